The van der Waals surface area contributed by atoms with Crippen LogP contribution in [0, 0.1) is 11.8 Å². The van der Waals surface area contributed by atoms with Crippen LogP contribution in [0.25, 0.3) is 0 Å². The fourth-order valence-corrected chi connectivity index (χ4v) is 13.4. The quantitative estimate of drug-likeness (QED) is 0.0222. The van der Waals surface area contributed by atoms with Crippen LogP contribution in [0.3, 0.4) is 0 Å². The monoisotopic (exact) mass is 1410 g/mol. The van der Waals surface area contributed by atoms with Gasteiger partial charge in [0.1, 0.15) is 19.3 Å². The lowest BCUT2D eigenvalue weighted by molar-refractivity contribution is -0.161. The third kappa shape index (κ3) is 69.2. The van der Waals surface area contributed by atoms with E-state index in [-0.39, 0.29) is 25.7 Å². The molecule has 0 heterocycles. The topological polar surface area (TPSA) is 237 Å². The fourth-order valence-electron chi connectivity index (χ4n) is 11.8. The van der Waals surface area contributed by atoms with Gasteiger partial charge in [0, 0.05) is 25.7 Å². The summed E-state index contributed by atoms with van der Waals surface area (Å²) < 4.78 is 68.4. The van der Waals surface area contributed by atoms with Crippen molar-refractivity contribution < 1.29 is 80.2 Å². The molecule has 0 aromatic carbocycles. The molecule has 0 aliphatic carbocycles. The van der Waals surface area contributed by atoms with Crippen molar-refractivity contribution in [3.8, 4) is 0 Å². The number of aliphatic hydroxyl groups is 1. The molecule has 0 aromatic rings. The van der Waals surface area contributed by atoms with Gasteiger partial charge in [0.2, 0.25) is 0 Å². The van der Waals surface area contributed by atoms with E-state index in [9.17, 15) is 43.2 Å². The molecule has 17 nitrogen and oxygen atoms in total. The van der Waals surface area contributed by atoms with Gasteiger partial charge in [-0.15, -0.1) is 0 Å². The number of hydrogen-bond acceptors (Lipinski definition) is 15. The van der Waals surface area contributed by atoms with Gasteiger partial charge in [-0.25, -0.2) is 9.13 Å². The van der Waals surface area contributed by atoms with Crippen LogP contribution in [-0.2, 0) is 65.4 Å². The molecule has 19 heteroatoms. The lowest BCUT2D eigenvalue weighted by atomic mass is 9.99. The average Bonchev–Trinajstić information content (AvgIpc) is 1.30. The Labute approximate surface area is 588 Å². The van der Waals surface area contributed by atoms with Gasteiger partial charge >= 0.3 is 39.5 Å². The number of rotatable bonds is 76. The van der Waals surface area contributed by atoms with E-state index in [0.29, 0.717) is 25.7 Å². The zero-order valence-electron chi connectivity index (χ0n) is 62.7. The minimum atomic E-state index is -4.96. The van der Waals surface area contributed by atoms with Crippen molar-refractivity contribution in [1.82, 2.24) is 0 Å². The number of esters is 4. The summed E-state index contributed by atoms with van der Waals surface area (Å²) in [5.74, 6) is -0.449. The van der Waals surface area contributed by atoms with Crippen LogP contribution in [0.4, 0.5) is 0 Å². The van der Waals surface area contributed by atoms with Gasteiger partial charge in [-0.05, 0) is 37.5 Å². The number of phosphoric ester groups is 2. The maximum Gasteiger partial charge on any atom is 0.472 e. The zero-order chi connectivity index (χ0) is 70.7. The highest BCUT2D eigenvalue weighted by molar-refractivity contribution is 7.47. The molecule has 0 saturated carbocycles. The van der Waals surface area contributed by atoms with Gasteiger partial charge in [-0.1, -0.05) is 350 Å². The molecule has 0 rings (SSSR count). The summed E-state index contributed by atoms with van der Waals surface area (Å²) >= 11 is 0. The Kier molecular flexibility index (Phi) is 67.4. The second kappa shape index (κ2) is 68.8. The zero-order valence-corrected chi connectivity index (χ0v) is 64.5. The first kappa shape index (κ1) is 94.1. The standard InChI is InChI=1S/C77H150O17P2/c1-7-10-12-14-16-34-43-49-55-61-76(81)93-72(65-87-74(79)59-53-47-41-17-15-13-11-8-2)67-91-95(83,84)89-63-71(78)64-90-96(85,86)92-68-73(66-88-75(80)60-54-48-42-37-32-28-25-24-26-30-35-39-45-51-57-69(4)5)94-77(82)62-56-50-44-38-33-29-23-21-19-18-20-22-27-31-36-40-46-52-58-70(6)9-3/h69-73,78H,7-68H2,1-6H3,(H,83,84)(H,85,86)/t70?,71-,72+,73+/m0/s1. The van der Waals surface area contributed by atoms with Crippen molar-refractivity contribution in [1.29, 1.82) is 0 Å². The largest absolute Gasteiger partial charge is 0.472 e. The van der Waals surface area contributed by atoms with E-state index in [2.05, 4.69) is 41.5 Å². The molecule has 0 bridgehead atoms. The van der Waals surface area contributed by atoms with Crippen molar-refractivity contribution in [2.24, 2.45) is 11.8 Å². The first-order valence-corrected chi connectivity index (χ1v) is 43.0. The number of ether oxygens (including phenoxy) is 4. The molecule has 3 unspecified atom stereocenters. The number of phosphoric acid groups is 2. The second-order valence-corrected chi connectivity index (χ2v) is 31.4. The highest BCUT2D eigenvalue weighted by Gasteiger charge is 2.30. The molecule has 96 heavy (non-hydrogen) atoms. The average molecular weight is 1410 g/mol. The van der Waals surface area contributed by atoms with Crippen LogP contribution < -0.4 is 0 Å². The molecule has 0 spiro atoms. The Morgan fingerprint density at radius 1 is 0.302 bits per heavy atom. The third-order valence-corrected chi connectivity index (χ3v) is 20.2. The van der Waals surface area contributed by atoms with Crippen molar-refractivity contribution in [3.63, 3.8) is 0 Å². The summed E-state index contributed by atoms with van der Waals surface area (Å²) in [5.41, 5.74) is 0. The van der Waals surface area contributed by atoms with Crippen LogP contribution in [0.1, 0.15) is 401 Å². The number of carbonyl (C=O) groups is 4. The van der Waals surface area contributed by atoms with Crippen LogP contribution in [0.5, 0.6) is 0 Å². The summed E-state index contributed by atoms with van der Waals surface area (Å²) in [6, 6.07) is 0. The van der Waals surface area contributed by atoms with Crippen LogP contribution in [0.15, 0.2) is 0 Å². The smallest absolute Gasteiger partial charge is 0.462 e. The van der Waals surface area contributed by atoms with Gasteiger partial charge in [0.05, 0.1) is 26.4 Å². The van der Waals surface area contributed by atoms with E-state index in [1.807, 2.05) is 0 Å². The van der Waals surface area contributed by atoms with Crippen LogP contribution in [-0.4, -0.2) is 96.7 Å². The van der Waals surface area contributed by atoms with Gasteiger partial charge in [0.15, 0.2) is 12.2 Å². The summed E-state index contributed by atoms with van der Waals surface area (Å²) in [5, 5.41) is 10.6. The predicted molar refractivity (Wildman–Crippen MR) is 391 cm³/mol. The molecule has 570 valence electrons. The summed E-state index contributed by atoms with van der Waals surface area (Å²) in [6.07, 6.45) is 57.0. The lowest BCUT2D eigenvalue weighted by Crippen LogP contribution is -2.30. The number of carbonyl (C=O) groups excluding carboxylic acids is 4. The molecule has 0 saturated heterocycles. The Morgan fingerprint density at radius 2 is 0.531 bits per heavy atom. The van der Waals surface area contributed by atoms with Crippen LogP contribution in [0.2, 0.25) is 0 Å². The molecule has 0 aliphatic heterocycles. The van der Waals surface area contributed by atoms with E-state index >= 15 is 0 Å². The number of hydrogen-bond donors (Lipinski definition) is 3. The van der Waals surface area contributed by atoms with E-state index in [1.165, 1.54) is 212 Å². The third-order valence-electron chi connectivity index (χ3n) is 18.3. The van der Waals surface area contributed by atoms with Gasteiger partial charge < -0.3 is 33.8 Å². The van der Waals surface area contributed by atoms with Crippen molar-refractivity contribution in [3.05, 3.63) is 0 Å². The molecule has 3 N–H and O–H groups in total. The molecule has 0 fully saturated rings. The summed E-state index contributed by atoms with van der Waals surface area (Å²) in [7, 11) is -9.90. The fraction of sp³-hybridized carbons (Fsp3) is 0.948. The summed E-state index contributed by atoms with van der Waals surface area (Å²) in [4.78, 5) is 72.6. The minimum absolute atomic E-state index is 0.106. The van der Waals surface area contributed by atoms with Crippen LogP contribution >= 0.6 is 15.6 Å². The lowest BCUT2D eigenvalue weighted by Gasteiger charge is -2.21. The van der Waals surface area contributed by atoms with E-state index in [0.717, 1.165) is 108 Å². The molecular formula is C77H150O17P2. The van der Waals surface area contributed by atoms with Crippen molar-refractivity contribution in [2.45, 2.75) is 419 Å². The molecule has 0 radical (unpaired) electrons. The van der Waals surface area contributed by atoms with E-state index in [4.69, 9.17) is 37.0 Å². The second-order valence-electron chi connectivity index (χ2n) is 28.5. The first-order valence-electron chi connectivity index (χ1n) is 40.0. The summed E-state index contributed by atoms with van der Waals surface area (Å²) in [6.45, 7) is 9.65. The normalized spacial score (nSPS) is 14.3. The predicted octanol–water partition coefficient (Wildman–Crippen LogP) is 22.7. The maximum absolute atomic E-state index is 13.1. The SMILES string of the molecule is CCCCCCCCCCCC(=O)O[C@H](COC(=O)CCCCCCCCCC)COP(=O)(O)OC[C@H](O)COP(=O)(O)OC[C@@H](COC(=O)CCCCCCCCCCCCCCCCC(C)C)OC(=O)CCCCCCCCCCCCCCCCCCCCC(C)CC. The molecule has 6 atom stereocenters. The first-order chi connectivity index (χ1) is 46.4. The van der Waals surface area contributed by atoms with Crippen molar-refractivity contribution >= 4 is 39.5 Å². The Hall–Kier alpha value is -1.94. The minimum Gasteiger partial charge on any atom is -0.462 e. The molecule has 0 amide bonds. The van der Waals surface area contributed by atoms with Gasteiger partial charge in [0.25, 0.3) is 0 Å². The highest BCUT2D eigenvalue weighted by Crippen LogP contribution is 2.45. The van der Waals surface area contributed by atoms with Gasteiger partial charge in [-0.3, -0.25) is 37.3 Å². The van der Waals surface area contributed by atoms with E-state index in [1.54, 1.807) is 0 Å². The molecule has 0 aliphatic rings. The molecular weight excluding hydrogens is 1260 g/mol. The Balaban J connectivity index is 5.15. The molecule has 0 aromatic heterocycles. The maximum atomic E-state index is 13.1. The van der Waals surface area contributed by atoms with E-state index < -0.39 is 97.5 Å². The van der Waals surface area contributed by atoms with Crippen molar-refractivity contribution in [2.75, 3.05) is 39.6 Å². The number of unbranched alkanes of at least 4 members (excludes halogenated alkanes) is 45. The highest BCUT2D eigenvalue weighted by atomic mass is 31.2. The Morgan fingerprint density at radius 3 is 0.792 bits per heavy atom. The van der Waals surface area contributed by atoms with Gasteiger partial charge in [-0.2, -0.15) is 0 Å². The Bertz CT molecular complexity index is 1860. The number of aliphatic hydroxyl groups excluding tert-OH is 1.